The number of carbonyl (C=O) groups excluding carboxylic acids is 1. The van der Waals surface area contributed by atoms with Gasteiger partial charge in [-0.05, 0) is 30.9 Å². The van der Waals surface area contributed by atoms with Crippen LogP contribution in [0.4, 0.5) is 0 Å². The minimum atomic E-state index is 0.229. The Hall–Kier alpha value is -1.58. The van der Waals surface area contributed by atoms with Crippen LogP contribution < -0.4 is 4.74 Å². The number of nitrogens with zero attached hydrogens (tertiary/aromatic N) is 2. The highest BCUT2D eigenvalue weighted by Crippen LogP contribution is 2.33. The number of pyridine rings is 1. The molecule has 0 spiro atoms. The van der Waals surface area contributed by atoms with Crippen molar-refractivity contribution in [2.45, 2.75) is 38.2 Å². The fourth-order valence-corrected chi connectivity index (χ4v) is 2.53. The number of rotatable bonds is 4. The fourth-order valence-electron chi connectivity index (χ4n) is 2.53. The molecule has 0 bridgehead atoms. The number of aromatic nitrogens is 1. The van der Waals surface area contributed by atoms with Gasteiger partial charge in [-0.3, -0.25) is 9.78 Å². The molecule has 2 heterocycles. The number of hydrogen-bond acceptors (Lipinski definition) is 3. The molecule has 0 radical (unpaired) electrons. The highest BCUT2D eigenvalue weighted by molar-refractivity contribution is 5.76. The van der Waals surface area contributed by atoms with Crippen LogP contribution in [0.25, 0.3) is 0 Å². The Bertz CT molecular complexity index is 423. The summed E-state index contributed by atoms with van der Waals surface area (Å²) in [5, 5.41) is 0. The number of ether oxygens (including phenoxy) is 1. The first-order chi connectivity index (χ1) is 9.31. The molecule has 1 aliphatic heterocycles. The number of piperidine rings is 1. The van der Waals surface area contributed by atoms with Crippen molar-refractivity contribution in [2.75, 3.05) is 13.1 Å². The quantitative estimate of drug-likeness (QED) is 0.834. The van der Waals surface area contributed by atoms with Crippen molar-refractivity contribution < 1.29 is 9.53 Å². The van der Waals surface area contributed by atoms with Gasteiger partial charge in [0.15, 0.2) is 0 Å². The van der Waals surface area contributed by atoms with Gasteiger partial charge in [0.1, 0.15) is 11.9 Å². The van der Waals surface area contributed by atoms with Crippen LogP contribution in [0, 0.1) is 5.92 Å². The van der Waals surface area contributed by atoms with Crippen LogP contribution >= 0.6 is 0 Å². The van der Waals surface area contributed by atoms with Gasteiger partial charge in [-0.1, -0.05) is 0 Å². The smallest absolute Gasteiger partial charge is 0.222 e. The zero-order valence-electron chi connectivity index (χ0n) is 11.1. The van der Waals surface area contributed by atoms with Crippen molar-refractivity contribution in [3.05, 3.63) is 24.5 Å². The van der Waals surface area contributed by atoms with Gasteiger partial charge < -0.3 is 9.64 Å². The molecule has 4 nitrogen and oxygen atoms in total. The van der Waals surface area contributed by atoms with Gasteiger partial charge in [0, 0.05) is 44.7 Å². The summed E-state index contributed by atoms with van der Waals surface area (Å²) in [4.78, 5) is 18.0. The van der Waals surface area contributed by atoms with Crippen molar-refractivity contribution in [1.29, 1.82) is 0 Å². The van der Waals surface area contributed by atoms with Crippen LogP contribution in [0.1, 0.15) is 32.1 Å². The Morgan fingerprint density at radius 1 is 1.21 bits per heavy atom. The largest absolute Gasteiger partial charge is 0.490 e. The van der Waals surface area contributed by atoms with Crippen molar-refractivity contribution in [3.8, 4) is 5.75 Å². The molecule has 2 aliphatic rings. The van der Waals surface area contributed by atoms with Gasteiger partial charge in [-0.25, -0.2) is 0 Å². The second-order valence-electron chi connectivity index (χ2n) is 5.53. The first kappa shape index (κ1) is 12.5. The minimum Gasteiger partial charge on any atom is -0.490 e. The molecule has 1 saturated heterocycles. The average Bonchev–Trinajstić information content (AvgIpc) is 3.25. The van der Waals surface area contributed by atoms with Crippen LogP contribution in [0.5, 0.6) is 5.75 Å². The molecule has 1 aromatic rings. The highest BCUT2D eigenvalue weighted by atomic mass is 16.5. The molecule has 19 heavy (non-hydrogen) atoms. The zero-order valence-corrected chi connectivity index (χ0v) is 11.1. The number of hydrogen-bond donors (Lipinski definition) is 0. The Morgan fingerprint density at radius 3 is 2.53 bits per heavy atom. The number of likely N-dealkylation sites (tertiary alicyclic amines) is 1. The van der Waals surface area contributed by atoms with E-state index in [4.69, 9.17) is 4.74 Å². The molecular weight excluding hydrogens is 240 g/mol. The molecule has 0 N–H and O–H groups in total. The van der Waals surface area contributed by atoms with Crippen LogP contribution in [0.2, 0.25) is 0 Å². The van der Waals surface area contributed by atoms with E-state index in [1.165, 1.54) is 12.8 Å². The topological polar surface area (TPSA) is 42.4 Å². The third-order valence-corrected chi connectivity index (χ3v) is 3.91. The summed E-state index contributed by atoms with van der Waals surface area (Å²) in [5.41, 5.74) is 0. The van der Waals surface area contributed by atoms with E-state index in [0.717, 1.165) is 38.1 Å². The second-order valence-corrected chi connectivity index (χ2v) is 5.53. The van der Waals surface area contributed by atoms with Crippen LogP contribution in [0.3, 0.4) is 0 Å². The van der Waals surface area contributed by atoms with Gasteiger partial charge in [0.25, 0.3) is 0 Å². The Balaban J connectivity index is 1.45. The lowest BCUT2D eigenvalue weighted by Crippen LogP contribution is -2.41. The van der Waals surface area contributed by atoms with Gasteiger partial charge >= 0.3 is 0 Å². The summed E-state index contributed by atoms with van der Waals surface area (Å²) < 4.78 is 5.90. The van der Waals surface area contributed by atoms with E-state index in [2.05, 4.69) is 4.98 Å². The van der Waals surface area contributed by atoms with Crippen molar-refractivity contribution in [1.82, 2.24) is 9.88 Å². The number of amides is 1. The van der Waals surface area contributed by atoms with Crippen molar-refractivity contribution in [3.63, 3.8) is 0 Å². The Labute approximate surface area is 113 Å². The molecule has 4 heteroatoms. The normalized spacial score (nSPS) is 20.3. The summed E-state index contributed by atoms with van der Waals surface area (Å²) in [6.45, 7) is 1.67. The molecule has 0 atom stereocenters. The Kier molecular flexibility index (Phi) is 3.67. The maximum Gasteiger partial charge on any atom is 0.222 e. The van der Waals surface area contributed by atoms with Crippen LogP contribution in [0.15, 0.2) is 24.5 Å². The van der Waals surface area contributed by atoms with Gasteiger partial charge in [0.05, 0.1) is 0 Å². The molecule has 1 amide bonds. The molecule has 0 aromatic carbocycles. The third-order valence-electron chi connectivity index (χ3n) is 3.91. The van der Waals surface area contributed by atoms with E-state index in [1.54, 1.807) is 12.4 Å². The molecule has 1 saturated carbocycles. The van der Waals surface area contributed by atoms with Crippen LogP contribution in [-0.4, -0.2) is 35.0 Å². The van der Waals surface area contributed by atoms with Crippen molar-refractivity contribution in [2.24, 2.45) is 5.92 Å². The van der Waals surface area contributed by atoms with E-state index in [1.807, 2.05) is 17.0 Å². The van der Waals surface area contributed by atoms with E-state index < -0.39 is 0 Å². The summed E-state index contributed by atoms with van der Waals surface area (Å²) in [5.74, 6) is 1.89. The van der Waals surface area contributed by atoms with E-state index >= 15 is 0 Å². The molecule has 0 unspecified atom stereocenters. The van der Waals surface area contributed by atoms with E-state index in [9.17, 15) is 4.79 Å². The van der Waals surface area contributed by atoms with Gasteiger partial charge in [0.2, 0.25) is 5.91 Å². The van der Waals surface area contributed by atoms with E-state index in [0.29, 0.717) is 11.8 Å². The standard InChI is InChI=1S/C15H20N2O2/c18-15(11-12-1-2-12)17-9-5-14(6-10-17)19-13-3-7-16-8-4-13/h3-4,7-8,12,14H,1-2,5-6,9-11H2. The molecule has 1 aliphatic carbocycles. The second kappa shape index (κ2) is 5.59. The molecule has 2 fully saturated rings. The van der Waals surface area contributed by atoms with Gasteiger partial charge in [-0.2, -0.15) is 0 Å². The lowest BCUT2D eigenvalue weighted by atomic mass is 10.1. The van der Waals surface area contributed by atoms with Crippen molar-refractivity contribution >= 4 is 5.91 Å². The predicted molar refractivity (Wildman–Crippen MR) is 71.8 cm³/mol. The maximum atomic E-state index is 12.0. The number of carbonyl (C=O) groups is 1. The average molecular weight is 260 g/mol. The first-order valence-corrected chi connectivity index (χ1v) is 7.16. The Morgan fingerprint density at radius 2 is 1.89 bits per heavy atom. The fraction of sp³-hybridized carbons (Fsp3) is 0.600. The summed E-state index contributed by atoms with van der Waals surface area (Å²) in [6.07, 6.45) is 8.81. The lowest BCUT2D eigenvalue weighted by molar-refractivity contribution is -0.133. The summed E-state index contributed by atoms with van der Waals surface area (Å²) in [7, 11) is 0. The molecule has 1 aromatic heterocycles. The maximum absolute atomic E-state index is 12.0. The third kappa shape index (κ3) is 3.46. The lowest BCUT2D eigenvalue weighted by Gasteiger charge is -2.32. The predicted octanol–water partition coefficient (Wildman–Crippen LogP) is 2.25. The SMILES string of the molecule is O=C(CC1CC1)N1CCC(Oc2ccncc2)CC1. The molecule has 3 rings (SSSR count). The monoisotopic (exact) mass is 260 g/mol. The zero-order chi connectivity index (χ0) is 13.1. The molecule has 102 valence electrons. The minimum absolute atomic E-state index is 0.229. The van der Waals surface area contributed by atoms with E-state index in [-0.39, 0.29) is 6.10 Å². The first-order valence-electron chi connectivity index (χ1n) is 7.16. The van der Waals surface area contributed by atoms with Crippen LogP contribution in [-0.2, 0) is 4.79 Å². The summed E-state index contributed by atoms with van der Waals surface area (Å²) in [6, 6.07) is 3.76. The highest BCUT2D eigenvalue weighted by Gasteiger charge is 2.29. The van der Waals surface area contributed by atoms with Gasteiger partial charge in [-0.15, -0.1) is 0 Å². The summed E-state index contributed by atoms with van der Waals surface area (Å²) >= 11 is 0. The molecular formula is C15H20N2O2.